The molecule has 1 atom stereocenters. The summed E-state index contributed by atoms with van der Waals surface area (Å²) in [6.07, 6.45) is 0.462. The van der Waals surface area contributed by atoms with Crippen molar-refractivity contribution in [1.82, 2.24) is 5.32 Å². The van der Waals surface area contributed by atoms with Crippen molar-refractivity contribution in [3.8, 4) is 0 Å². The lowest BCUT2D eigenvalue weighted by Crippen LogP contribution is -2.28. The SMILES string of the molecule is O=C(O)CCC1CN(c2ccccc2Cl)C(=O)N1. The fourth-order valence-electron chi connectivity index (χ4n) is 1.94. The standard InChI is InChI=1S/C12H13ClN2O3/c13-9-3-1-2-4-10(9)15-7-8(14-12(15)18)5-6-11(16)17/h1-4,8H,5-7H2,(H,14,18)(H,16,17). The van der Waals surface area contributed by atoms with Crippen LogP contribution in [0.5, 0.6) is 0 Å². The lowest BCUT2D eigenvalue weighted by molar-refractivity contribution is -0.137. The molecule has 5 nitrogen and oxygen atoms in total. The lowest BCUT2D eigenvalue weighted by Gasteiger charge is -2.15. The van der Waals surface area contributed by atoms with E-state index in [0.29, 0.717) is 23.7 Å². The molecule has 0 aromatic heterocycles. The minimum Gasteiger partial charge on any atom is -0.481 e. The van der Waals surface area contributed by atoms with Crippen LogP contribution < -0.4 is 10.2 Å². The Balaban J connectivity index is 2.06. The van der Waals surface area contributed by atoms with Gasteiger partial charge in [-0.2, -0.15) is 0 Å². The second kappa shape index (κ2) is 5.27. The monoisotopic (exact) mass is 268 g/mol. The number of aliphatic carboxylic acids is 1. The summed E-state index contributed by atoms with van der Waals surface area (Å²) in [6, 6.07) is 6.69. The first-order valence-corrected chi connectivity index (χ1v) is 6.00. The number of carboxylic acid groups (broad SMARTS) is 1. The highest BCUT2D eigenvalue weighted by Gasteiger charge is 2.30. The number of urea groups is 1. The molecule has 1 heterocycles. The fourth-order valence-corrected chi connectivity index (χ4v) is 2.18. The molecule has 6 heteroatoms. The Morgan fingerprint density at radius 3 is 2.89 bits per heavy atom. The quantitative estimate of drug-likeness (QED) is 0.879. The number of amides is 2. The van der Waals surface area contributed by atoms with Crippen LogP contribution in [-0.4, -0.2) is 29.7 Å². The zero-order valence-corrected chi connectivity index (χ0v) is 10.4. The van der Waals surface area contributed by atoms with E-state index in [1.54, 1.807) is 24.3 Å². The summed E-state index contributed by atoms with van der Waals surface area (Å²) in [4.78, 5) is 23.8. The number of halogens is 1. The molecule has 2 amide bonds. The first-order valence-electron chi connectivity index (χ1n) is 5.62. The van der Waals surface area contributed by atoms with Crippen molar-refractivity contribution in [1.29, 1.82) is 0 Å². The van der Waals surface area contributed by atoms with Crippen LogP contribution in [0.4, 0.5) is 10.5 Å². The van der Waals surface area contributed by atoms with Gasteiger partial charge in [0.2, 0.25) is 0 Å². The van der Waals surface area contributed by atoms with Gasteiger partial charge < -0.3 is 10.4 Å². The Kier molecular flexibility index (Phi) is 3.72. The van der Waals surface area contributed by atoms with E-state index in [9.17, 15) is 9.59 Å². The number of nitrogens with zero attached hydrogens (tertiary/aromatic N) is 1. The van der Waals surface area contributed by atoms with Crippen LogP contribution in [0.25, 0.3) is 0 Å². The Morgan fingerprint density at radius 2 is 2.22 bits per heavy atom. The average Bonchev–Trinajstić information content (AvgIpc) is 2.69. The zero-order valence-electron chi connectivity index (χ0n) is 9.60. The first-order chi connectivity index (χ1) is 8.58. The molecule has 96 valence electrons. The third-order valence-electron chi connectivity index (χ3n) is 2.83. The maximum Gasteiger partial charge on any atom is 0.322 e. The highest BCUT2D eigenvalue weighted by atomic mass is 35.5. The predicted octanol–water partition coefficient (Wildman–Crippen LogP) is 2.10. The number of nitrogens with one attached hydrogen (secondary N) is 1. The number of anilines is 1. The van der Waals surface area contributed by atoms with Crippen molar-refractivity contribution in [3.05, 3.63) is 29.3 Å². The molecule has 1 aromatic carbocycles. The van der Waals surface area contributed by atoms with Gasteiger partial charge in [0.15, 0.2) is 0 Å². The van der Waals surface area contributed by atoms with Crippen LogP contribution in [0.1, 0.15) is 12.8 Å². The summed E-state index contributed by atoms with van der Waals surface area (Å²) in [5, 5.41) is 11.9. The molecule has 1 aromatic rings. The summed E-state index contributed by atoms with van der Waals surface area (Å²) in [7, 11) is 0. The van der Waals surface area contributed by atoms with E-state index in [1.807, 2.05) is 0 Å². The maximum absolute atomic E-state index is 11.8. The summed E-state index contributed by atoms with van der Waals surface area (Å²) in [6.45, 7) is 0.440. The minimum absolute atomic E-state index is 0.0430. The number of carboxylic acids is 1. The molecule has 1 unspecified atom stereocenters. The molecule has 2 N–H and O–H groups in total. The topological polar surface area (TPSA) is 69.6 Å². The molecule has 1 aliphatic heterocycles. The van der Waals surface area contributed by atoms with Crippen molar-refractivity contribution < 1.29 is 14.7 Å². The number of carbonyl (C=O) groups is 2. The van der Waals surface area contributed by atoms with Gasteiger partial charge in [0.05, 0.1) is 10.7 Å². The van der Waals surface area contributed by atoms with Crippen molar-refractivity contribution in [2.45, 2.75) is 18.9 Å². The molecule has 0 spiro atoms. The normalized spacial score (nSPS) is 18.8. The molecule has 0 saturated carbocycles. The van der Waals surface area contributed by atoms with Gasteiger partial charge in [0.25, 0.3) is 0 Å². The molecule has 2 rings (SSSR count). The Bertz CT molecular complexity index is 478. The van der Waals surface area contributed by atoms with Crippen LogP contribution in [0.15, 0.2) is 24.3 Å². The number of rotatable bonds is 4. The third kappa shape index (κ3) is 2.73. The van der Waals surface area contributed by atoms with E-state index in [0.717, 1.165) is 0 Å². The molecular weight excluding hydrogens is 256 g/mol. The van der Waals surface area contributed by atoms with Crippen LogP contribution in [-0.2, 0) is 4.79 Å². The largest absolute Gasteiger partial charge is 0.481 e. The van der Waals surface area contributed by atoms with Crippen LogP contribution in [0.2, 0.25) is 5.02 Å². The van der Waals surface area contributed by atoms with E-state index in [-0.39, 0.29) is 18.5 Å². The number of hydrogen-bond acceptors (Lipinski definition) is 2. The maximum atomic E-state index is 11.8. The number of para-hydroxylation sites is 1. The zero-order chi connectivity index (χ0) is 13.1. The minimum atomic E-state index is -0.861. The van der Waals surface area contributed by atoms with Gasteiger partial charge in [-0.15, -0.1) is 0 Å². The van der Waals surface area contributed by atoms with E-state index in [2.05, 4.69) is 5.32 Å². The molecule has 1 aliphatic rings. The first kappa shape index (κ1) is 12.7. The van der Waals surface area contributed by atoms with Gasteiger partial charge in [-0.25, -0.2) is 4.79 Å². The summed E-state index contributed by atoms with van der Waals surface area (Å²) < 4.78 is 0. The van der Waals surface area contributed by atoms with Gasteiger partial charge in [0.1, 0.15) is 0 Å². The second-order valence-corrected chi connectivity index (χ2v) is 4.55. The van der Waals surface area contributed by atoms with Crippen LogP contribution >= 0.6 is 11.6 Å². The van der Waals surface area contributed by atoms with E-state index in [4.69, 9.17) is 16.7 Å². The van der Waals surface area contributed by atoms with Gasteiger partial charge in [0, 0.05) is 19.0 Å². The van der Waals surface area contributed by atoms with Crippen molar-refractivity contribution in [2.75, 3.05) is 11.4 Å². The molecule has 18 heavy (non-hydrogen) atoms. The van der Waals surface area contributed by atoms with Crippen LogP contribution in [0, 0.1) is 0 Å². The molecule has 1 saturated heterocycles. The Morgan fingerprint density at radius 1 is 1.50 bits per heavy atom. The molecule has 0 aliphatic carbocycles. The number of carbonyl (C=O) groups excluding carboxylic acids is 1. The highest BCUT2D eigenvalue weighted by molar-refractivity contribution is 6.33. The fraction of sp³-hybridized carbons (Fsp3) is 0.333. The average molecular weight is 269 g/mol. The lowest BCUT2D eigenvalue weighted by atomic mass is 10.1. The van der Waals surface area contributed by atoms with E-state index in [1.165, 1.54) is 4.90 Å². The molecule has 0 bridgehead atoms. The van der Waals surface area contributed by atoms with Crippen molar-refractivity contribution in [2.24, 2.45) is 0 Å². The highest BCUT2D eigenvalue weighted by Crippen LogP contribution is 2.27. The van der Waals surface area contributed by atoms with Gasteiger partial charge in [-0.05, 0) is 18.6 Å². The molecule has 1 fully saturated rings. The summed E-state index contributed by atoms with van der Waals surface area (Å²) >= 11 is 6.03. The second-order valence-electron chi connectivity index (χ2n) is 4.14. The Labute approximate surface area is 109 Å². The summed E-state index contributed by atoms with van der Waals surface area (Å²) in [5.74, 6) is -0.861. The van der Waals surface area contributed by atoms with Crippen molar-refractivity contribution >= 4 is 29.3 Å². The Hall–Kier alpha value is -1.75. The smallest absolute Gasteiger partial charge is 0.322 e. The number of benzene rings is 1. The predicted molar refractivity (Wildman–Crippen MR) is 68.0 cm³/mol. The van der Waals surface area contributed by atoms with Crippen molar-refractivity contribution in [3.63, 3.8) is 0 Å². The number of hydrogen-bond donors (Lipinski definition) is 2. The summed E-state index contributed by atoms with van der Waals surface area (Å²) in [5.41, 5.74) is 0.648. The van der Waals surface area contributed by atoms with Crippen LogP contribution in [0.3, 0.4) is 0 Å². The van der Waals surface area contributed by atoms with E-state index >= 15 is 0 Å². The molecular formula is C12H13ClN2O3. The van der Waals surface area contributed by atoms with Gasteiger partial charge in [-0.1, -0.05) is 23.7 Å². The van der Waals surface area contributed by atoms with Gasteiger partial charge in [-0.3, -0.25) is 9.69 Å². The third-order valence-corrected chi connectivity index (χ3v) is 3.15. The van der Waals surface area contributed by atoms with Gasteiger partial charge >= 0.3 is 12.0 Å². The van der Waals surface area contributed by atoms with E-state index < -0.39 is 5.97 Å². The molecule has 0 radical (unpaired) electrons.